The Morgan fingerprint density at radius 1 is 1.37 bits per heavy atom. The molecule has 19 heavy (non-hydrogen) atoms. The van der Waals surface area contributed by atoms with Gasteiger partial charge < -0.3 is 15.4 Å². The second kappa shape index (κ2) is 5.11. The average molecular weight is 259 g/mol. The number of hydrogen-bond donors (Lipinski definition) is 2. The molecule has 0 saturated heterocycles. The van der Waals surface area contributed by atoms with E-state index in [9.17, 15) is 0 Å². The van der Waals surface area contributed by atoms with Gasteiger partial charge in [0.25, 0.3) is 0 Å². The van der Waals surface area contributed by atoms with Gasteiger partial charge in [0.2, 0.25) is 5.89 Å². The number of nitrogens with zero attached hydrogens (tertiary/aromatic N) is 2. The third kappa shape index (κ3) is 2.39. The lowest BCUT2D eigenvalue weighted by molar-refractivity contribution is 0.259. The number of hydrogen-bond acceptors (Lipinski definition) is 5. The van der Waals surface area contributed by atoms with Gasteiger partial charge in [0, 0.05) is 5.92 Å². The summed E-state index contributed by atoms with van der Waals surface area (Å²) in [6.07, 6.45) is 2.96. The molecule has 1 aromatic heterocycles. The quantitative estimate of drug-likeness (QED) is 0.868. The number of nitrogens with two attached hydrogens (primary N) is 1. The second-order valence-electron chi connectivity index (χ2n) is 4.99. The SMILES string of the molecule is NC(CO)c1noc(C2CCc3ccccc3C2)n1. The van der Waals surface area contributed by atoms with Crippen LogP contribution in [0.1, 0.15) is 41.2 Å². The molecule has 2 aromatic rings. The van der Waals surface area contributed by atoms with E-state index < -0.39 is 6.04 Å². The molecule has 100 valence electrons. The minimum atomic E-state index is -0.562. The Labute approximate surface area is 111 Å². The molecule has 0 amide bonds. The lowest BCUT2D eigenvalue weighted by atomic mass is 9.84. The van der Waals surface area contributed by atoms with E-state index in [4.69, 9.17) is 15.4 Å². The van der Waals surface area contributed by atoms with E-state index in [0.717, 1.165) is 19.3 Å². The first-order valence-electron chi connectivity index (χ1n) is 6.54. The molecule has 0 aliphatic heterocycles. The normalized spacial score (nSPS) is 20.0. The Morgan fingerprint density at radius 2 is 2.16 bits per heavy atom. The number of rotatable bonds is 3. The smallest absolute Gasteiger partial charge is 0.230 e. The van der Waals surface area contributed by atoms with Gasteiger partial charge in [0.15, 0.2) is 5.82 Å². The van der Waals surface area contributed by atoms with Crippen molar-refractivity contribution in [2.45, 2.75) is 31.2 Å². The van der Waals surface area contributed by atoms with E-state index in [0.29, 0.717) is 11.7 Å². The Morgan fingerprint density at radius 3 is 2.95 bits per heavy atom. The molecule has 1 aliphatic carbocycles. The molecule has 0 saturated carbocycles. The minimum absolute atomic E-state index is 0.174. The largest absolute Gasteiger partial charge is 0.394 e. The van der Waals surface area contributed by atoms with Crippen LogP contribution in [0.2, 0.25) is 0 Å². The van der Waals surface area contributed by atoms with Crippen molar-refractivity contribution in [3.05, 3.63) is 47.1 Å². The summed E-state index contributed by atoms with van der Waals surface area (Å²) in [7, 11) is 0. The molecular weight excluding hydrogens is 242 g/mol. The summed E-state index contributed by atoms with van der Waals surface area (Å²) >= 11 is 0. The highest BCUT2D eigenvalue weighted by Gasteiger charge is 2.25. The zero-order valence-electron chi connectivity index (χ0n) is 10.6. The van der Waals surface area contributed by atoms with Gasteiger partial charge in [-0.25, -0.2) is 0 Å². The van der Waals surface area contributed by atoms with Crippen molar-refractivity contribution in [3.63, 3.8) is 0 Å². The zero-order valence-corrected chi connectivity index (χ0v) is 10.6. The monoisotopic (exact) mass is 259 g/mol. The van der Waals surface area contributed by atoms with Crippen LogP contribution in [0, 0.1) is 0 Å². The number of aliphatic hydroxyl groups is 1. The van der Waals surface area contributed by atoms with Gasteiger partial charge in [-0.05, 0) is 30.4 Å². The third-order valence-electron chi connectivity index (χ3n) is 3.68. The number of aryl methyl sites for hydroxylation is 1. The van der Waals surface area contributed by atoms with E-state index in [2.05, 4.69) is 34.4 Å². The topological polar surface area (TPSA) is 85.2 Å². The maximum absolute atomic E-state index is 8.99. The summed E-state index contributed by atoms with van der Waals surface area (Å²) in [6.45, 7) is -0.174. The van der Waals surface area contributed by atoms with Gasteiger partial charge in [-0.1, -0.05) is 29.4 Å². The standard InChI is InChI=1S/C14H17N3O2/c15-12(8-18)13-16-14(19-17-13)11-6-5-9-3-1-2-4-10(9)7-11/h1-4,11-12,18H,5-8,15H2. The Kier molecular flexibility index (Phi) is 3.31. The summed E-state index contributed by atoms with van der Waals surface area (Å²) in [4.78, 5) is 4.31. The van der Waals surface area contributed by atoms with Gasteiger partial charge in [-0.2, -0.15) is 4.98 Å². The highest BCUT2D eigenvalue weighted by molar-refractivity contribution is 5.31. The summed E-state index contributed by atoms with van der Waals surface area (Å²) < 4.78 is 5.29. The van der Waals surface area contributed by atoms with E-state index in [-0.39, 0.29) is 12.5 Å². The molecule has 0 radical (unpaired) electrons. The van der Waals surface area contributed by atoms with Crippen LogP contribution in [0.15, 0.2) is 28.8 Å². The van der Waals surface area contributed by atoms with E-state index >= 15 is 0 Å². The third-order valence-corrected chi connectivity index (χ3v) is 3.68. The Hall–Kier alpha value is -1.72. The Bertz CT molecular complexity index is 567. The number of benzene rings is 1. The van der Waals surface area contributed by atoms with E-state index in [1.807, 2.05) is 0 Å². The molecule has 2 unspecified atom stereocenters. The fraction of sp³-hybridized carbons (Fsp3) is 0.429. The van der Waals surface area contributed by atoms with Crippen molar-refractivity contribution < 1.29 is 9.63 Å². The lowest BCUT2D eigenvalue weighted by Gasteiger charge is -2.21. The summed E-state index contributed by atoms with van der Waals surface area (Å²) in [6, 6.07) is 7.89. The Balaban J connectivity index is 1.79. The molecule has 1 aliphatic rings. The van der Waals surface area contributed by atoms with Crippen molar-refractivity contribution in [3.8, 4) is 0 Å². The zero-order chi connectivity index (χ0) is 13.2. The fourth-order valence-electron chi connectivity index (χ4n) is 2.55. The first-order valence-corrected chi connectivity index (χ1v) is 6.54. The molecule has 0 bridgehead atoms. The van der Waals surface area contributed by atoms with E-state index in [1.54, 1.807) is 0 Å². The number of fused-ring (bicyclic) bond motifs is 1. The van der Waals surface area contributed by atoms with Crippen LogP contribution in [0.3, 0.4) is 0 Å². The predicted octanol–water partition coefficient (Wildman–Crippen LogP) is 1.33. The minimum Gasteiger partial charge on any atom is -0.394 e. The molecule has 2 atom stereocenters. The first-order chi connectivity index (χ1) is 9.28. The van der Waals surface area contributed by atoms with Crippen molar-refractivity contribution in [1.82, 2.24) is 10.1 Å². The van der Waals surface area contributed by atoms with Crippen LogP contribution in [0.25, 0.3) is 0 Å². The van der Waals surface area contributed by atoms with Crippen LogP contribution in [0.4, 0.5) is 0 Å². The predicted molar refractivity (Wildman–Crippen MR) is 69.5 cm³/mol. The summed E-state index contributed by atoms with van der Waals surface area (Å²) in [5, 5.41) is 12.8. The first kappa shape index (κ1) is 12.3. The van der Waals surface area contributed by atoms with Gasteiger partial charge in [0.1, 0.15) is 0 Å². The van der Waals surface area contributed by atoms with Gasteiger partial charge in [0.05, 0.1) is 12.6 Å². The van der Waals surface area contributed by atoms with Gasteiger partial charge in [-0.15, -0.1) is 0 Å². The molecule has 3 rings (SSSR count). The highest BCUT2D eigenvalue weighted by Crippen LogP contribution is 2.31. The average Bonchev–Trinajstić information content (AvgIpc) is 2.95. The molecule has 0 spiro atoms. The number of aliphatic hydroxyl groups excluding tert-OH is 1. The molecule has 5 heteroatoms. The van der Waals surface area contributed by atoms with Gasteiger partial charge in [-0.3, -0.25) is 0 Å². The van der Waals surface area contributed by atoms with Crippen molar-refractivity contribution in [2.24, 2.45) is 5.73 Å². The molecule has 1 aromatic carbocycles. The number of aromatic nitrogens is 2. The van der Waals surface area contributed by atoms with Gasteiger partial charge >= 0.3 is 0 Å². The van der Waals surface area contributed by atoms with Crippen LogP contribution in [0.5, 0.6) is 0 Å². The molecule has 3 N–H and O–H groups in total. The fourth-order valence-corrected chi connectivity index (χ4v) is 2.55. The van der Waals surface area contributed by atoms with Crippen molar-refractivity contribution >= 4 is 0 Å². The van der Waals surface area contributed by atoms with Crippen LogP contribution >= 0.6 is 0 Å². The summed E-state index contributed by atoms with van der Waals surface area (Å²) in [5.74, 6) is 1.27. The van der Waals surface area contributed by atoms with Crippen LogP contribution < -0.4 is 5.73 Å². The highest BCUT2D eigenvalue weighted by atomic mass is 16.5. The van der Waals surface area contributed by atoms with Crippen LogP contribution in [-0.4, -0.2) is 21.9 Å². The van der Waals surface area contributed by atoms with Crippen LogP contribution in [-0.2, 0) is 12.8 Å². The maximum Gasteiger partial charge on any atom is 0.230 e. The lowest BCUT2D eigenvalue weighted by Crippen LogP contribution is -2.17. The van der Waals surface area contributed by atoms with Crippen molar-refractivity contribution in [2.75, 3.05) is 6.61 Å². The van der Waals surface area contributed by atoms with E-state index in [1.165, 1.54) is 11.1 Å². The summed E-state index contributed by atoms with van der Waals surface area (Å²) in [5.41, 5.74) is 8.44. The molecule has 1 heterocycles. The molecular formula is C14H17N3O2. The molecule has 5 nitrogen and oxygen atoms in total. The van der Waals surface area contributed by atoms with Crippen molar-refractivity contribution in [1.29, 1.82) is 0 Å². The second-order valence-corrected chi connectivity index (χ2v) is 4.99. The molecule has 0 fully saturated rings. The maximum atomic E-state index is 8.99.